The molecule has 4 rings (SSSR count). The molecule has 0 unspecified atom stereocenters. The molecule has 2 amide bonds. The number of carbonyl (C=O) groups is 2. The number of rotatable bonds is 5. The van der Waals surface area contributed by atoms with Gasteiger partial charge in [0.15, 0.2) is 5.69 Å². The van der Waals surface area contributed by atoms with E-state index in [9.17, 15) is 14.0 Å². The molecule has 0 aliphatic rings. The number of hydrogen-bond acceptors (Lipinski definition) is 4. The maximum absolute atomic E-state index is 13.4. The van der Waals surface area contributed by atoms with E-state index >= 15 is 0 Å². The number of nitrogens with zero attached hydrogens (tertiary/aromatic N) is 3. The average molecular weight is 389 g/mol. The fourth-order valence-corrected chi connectivity index (χ4v) is 2.87. The van der Waals surface area contributed by atoms with Gasteiger partial charge in [-0.15, -0.1) is 0 Å². The van der Waals surface area contributed by atoms with E-state index in [1.54, 1.807) is 48.8 Å². The first-order valence-electron chi connectivity index (χ1n) is 8.84. The predicted octanol–water partition coefficient (Wildman–Crippen LogP) is 3.05. The molecule has 0 radical (unpaired) electrons. The summed E-state index contributed by atoms with van der Waals surface area (Å²) in [5, 5.41) is 5.36. The third-order valence-corrected chi connectivity index (χ3v) is 4.21. The predicted molar refractivity (Wildman–Crippen MR) is 105 cm³/mol. The van der Waals surface area contributed by atoms with Crippen LogP contribution >= 0.6 is 0 Å². The van der Waals surface area contributed by atoms with Gasteiger partial charge in [0, 0.05) is 18.1 Å². The number of hydrogen-bond donors (Lipinski definition) is 2. The number of fused-ring (bicyclic) bond motifs is 1. The molecule has 3 heterocycles. The molecule has 29 heavy (non-hydrogen) atoms. The Labute approximate surface area is 165 Å². The summed E-state index contributed by atoms with van der Waals surface area (Å²) in [6.07, 6.45) is 3.29. The SMILES string of the molecule is O=C(Nc1cccc(F)c1)c1nc(C(=O)NCc2ccccn2)n2ccccc12. The zero-order valence-electron chi connectivity index (χ0n) is 15.2. The smallest absolute Gasteiger partial charge is 0.288 e. The van der Waals surface area contributed by atoms with E-state index in [0.29, 0.717) is 16.9 Å². The quantitative estimate of drug-likeness (QED) is 0.549. The number of pyridine rings is 2. The maximum atomic E-state index is 13.4. The first-order valence-corrected chi connectivity index (χ1v) is 8.84. The highest BCUT2D eigenvalue weighted by molar-refractivity contribution is 6.08. The summed E-state index contributed by atoms with van der Waals surface area (Å²) in [5.74, 6) is -1.38. The maximum Gasteiger partial charge on any atom is 0.288 e. The summed E-state index contributed by atoms with van der Waals surface area (Å²) in [6, 6.07) is 16.1. The molecule has 0 aliphatic carbocycles. The van der Waals surface area contributed by atoms with Gasteiger partial charge in [-0.05, 0) is 42.5 Å². The van der Waals surface area contributed by atoms with Crippen molar-refractivity contribution in [1.29, 1.82) is 0 Å². The number of carbonyl (C=O) groups excluding carboxylic acids is 2. The van der Waals surface area contributed by atoms with Crippen LogP contribution in [0.2, 0.25) is 0 Å². The Hall–Kier alpha value is -4.07. The van der Waals surface area contributed by atoms with Crippen LogP contribution in [0.3, 0.4) is 0 Å². The number of nitrogens with one attached hydrogen (secondary N) is 2. The Bertz CT molecular complexity index is 1190. The molecule has 3 aromatic heterocycles. The third kappa shape index (κ3) is 3.96. The Morgan fingerprint density at radius 1 is 1.00 bits per heavy atom. The van der Waals surface area contributed by atoms with Gasteiger partial charge in [-0.2, -0.15) is 0 Å². The normalized spacial score (nSPS) is 10.7. The summed E-state index contributed by atoms with van der Waals surface area (Å²) in [7, 11) is 0. The molecule has 0 spiro atoms. The molecule has 7 nitrogen and oxygen atoms in total. The van der Waals surface area contributed by atoms with Crippen molar-refractivity contribution in [3.05, 3.63) is 96.1 Å². The van der Waals surface area contributed by atoms with Crippen LogP contribution in [0.25, 0.3) is 5.52 Å². The van der Waals surface area contributed by atoms with Crippen LogP contribution in [-0.4, -0.2) is 26.2 Å². The van der Waals surface area contributed by atoms with Crippen molar-refractivity contribution < 1.29 is 14.0 Å². The number of anilines is 1. The zero-order chi connectivity index (χ0) is 20.2. The second kappa shape index (κ2) is 7.89. The van der Waals surface area contributed by atoms with Crippen molar-refractivity contribution in [2.24, 2.45) is 0 Å². The van der Waals surface area contributed by atoms with Gasteiger partial charge in [-0.3, -0.25) is 19.0 Å². The molecule has 1 aromatic carbocycles. The summed E-state index contributed by atoms with van der Waals surface area (Å²) in [6.45, 7) is 0.228. The van der Waals surface area contributed by atoms with Crippen LogP contribution in [0, 0.1) is 5.82 Å². The number of halogens is 1. The van der Waals surface area contributed by atoms with Gasteiger partial charge in [0.2, 0.25) is 5.82 Å². The lowest BCUT2D eigenvalue weighted by molar-refractivity contribution is 0.0939. The zero-order valence-corrected chi connectivity index (χ0v) is 15.2. The fraction of sp³-hybridized carbons (Fsp3) is 0.0476. The molecule has 0 bridgehead atoms. The Morgan fingerprint density at radius 2 is 1.86 bits per heavy atom. The van der Waals surface area contributed by atoms with Crippen molar-refractivity contribution in [2.45, 2.75) is 6.54 Å². The van der Waals surface area contributed by atoms with E-state index in [1.807, 2.05) is 6.07 Å². The second-order valence-corrected chi connectivity index (χ2v) is 6.21. The molecule has 0 atom stereocenters. The van der Waals surface area contributed by atoms with Gasteiger partial charge in [0.25, 0.3) is 11.8 Å². The van der Waals surface area contributed by atoms with Crippen molar-refractivity contribution >= 4 is 23.0 Å². The van der Waals surface area contributed by atoms with E-state index in [0.717, 1.165) is 0 Å². The summed E-state index contributed by atoms with van der Waals surface area (Å²) >= 11 is 0. The molecular formula is C21H16FN5O2. The minimum absolute atomic E-state index is 0.0675. The molecule has 2 N–H and O–H groups in total. The largest absolute Gasteiger partial charge is 0.344 e. The summed E-state index contributed by atoms with van der Waals surface area (Å²) in [5.41, 5.74) is 1.53. The topological polar surface area (TPSA) is 88.4 Å². The Morgan fingerprint density at radius 3 is 2.66 bits per heavy atom. The molecule has 4 aromatic rings. The lowest BCUT2D eigenvalue weighted by Crippen LogP contribution is -2.25. The highest BCUT2D eigenvalue weighted by atomic mass is 19.1. The van der Waals surface area contributed by atoms with E-state index < -0.39 is 17.6 Å². The molecule has 0 fully saturated rings. The van der Waals surface area contributed by atoms with Gasteiger partial charge >= 0.3 is 0 Å². The number of benzene rings is 1. The van der Waals surface area contributed by atoms with E-state index in [2.05, 4.69) is 20.6 Å². The minimum atomic E-state index is -0.539. The second-order valence-electron chi connectivity index (χ2n) is 6.21. The van der Waals surface area contributed by atoms with Crippen molar-refractivity contribution in [1.82, 2.24) is 19.7 Å². The van der Waals surface area contributed by atoms with Crippen molar-refractivity contribution in [3.63, 3.8) is 0 Å². The number of aromatic nitrogens is 3. The van der Waals surface area contributed by atoms with E-state index in [-0.39, 0.29) is 18.1 Å². The highest BCUT2D eigenvalue weighted by Gasteiger charge is 2.21. The molecule has 8 heteroatoms. The van der Waals surface area contributed by atoms with Crippen molar-refractivity contribution in [3.8, 4) is 0 Å². The van der Waals surface area contributed by atoms with Crippen LogP contribution in [-0.2, 0) is 6.54 Å². The number of imidazole rings is 1. The van der Waals surface area contributed by atoms with Gasteiger partial charge < -0.3 is 10.6 Å². The van der Waals surface area contributed by atoms with Crippen molar-refractivity contribution in [2.75, 3.05) is 5.32 Å². The van der Waals surface area contributed by atoms with Crippen LogP contribution in [0.4, 0.5) is 10.1 Å². The summed E-state index contributed by atoms with van der Waals surface area (Å²) in [4.78, 5) is 33.8. The third-order valence-electron chi connectivity index (χ3n) is 4.21. The Balaban J connectivity index is 1.61. The molecule has 0 saturated carbocycles. The van der Waals surface area contributed by atoms with E-state index in [1.165, 1.54) is 22.6 Å². The first-order chi connectivity index (χ1) is 14.1. The first kappa shape index (κ1) is 18.3. The molecule has 0 saturated heterocycles. The van der Waals surface area contributed by atoms with Gasteiger partial charge in [-0.25, -0.2) is 9.37 Å². The monoisotopic (exact) mass is 389 g/mol. The van der Waals surface area contributed by atoms with Gasteiger partial charge in [0.1, 0.15) is 5.82 Å². The highest BCUT2D eigenvalue weighted by Crippen LogP contribution is 2.16. The number of amides is 2. The minimum Gasteiger partial charge on any atom is -0.344 e. The van der Waals surface area contributed by atoms with Gasteiger partial charge in [0.05, 0.1) is 17.8 Å². The standard InChI is InChI=1S/C21H16FN5O2/c22-14-6-5-8-15(12-14)25-20(28)18-17-9-2-4-11-27(17)19(26-18)21(29)24-13-16-7-1-3-10-23-16/h1-12H,13H2,(H,24,29)(H,25,28). The fourth-order valence-electron chi connectivity index (χ4n) is 2.87. The summed E-state index contributed by atoms with van der Waals surface area (Å²) < 4.78 is 14.9. The van der Waals surface area contributed by atoms with Gasteiger partial charge in [-0.1, -0.05) is 18.2 Å². The average Bonchev–Trinajstić information content (AvgIpc) is 3.13. The molecule has 0 aliphatic heterocycles. The lowest BCUT2D eigenvalue weighted by atomic mass is 10.2. The van der Waals surface area contributed by atoms with Crippen LogP contribution in [0.15, 0.2) is 73.1 Å². The van der Waals surface area contributed by atoms with Crippen LogP contribution < -0.4 is 10.6 Å². The molecular weight excluding hydrogens is 373 g/mol. The van der Waals surface area contributed by atoms with E-state index in [4.69, 9.17) is 0 Å². The van der Waals surface area contributed by atoms with Crippen LogP contribution in [0.1, 0.15) is 26.8 Å². The lowest BCUT2D eigenvalue weighted by Gasteiger charge is -2.03. The Kier molecular flexibility index (Phi) is 4.98. The van der Waals surface area contributed by atoms with Crippen LogP contribution in [0.5, 0.6) is 0 Å². The molecule has 144 valence electrons.